The Labute approximate surface area is 155 Å². The summed E-state index contributed by atoms with van der Waals surface area (Å²) in [4.78, 5) is 46.5. The lowest BCUT2D eigenvalue weighted by Crippen LogP contribution is -2.38. The van der Waals surface area contributed by atoms with E-state index in [0.29, 0.717) is 16.8 Å². The molecule has 0 saturated heterocycles. The summed E-state index contributed by atoms with van der Waals surface area (Å²) in [6, 6.07) is 3.46. The number of nitrogens with zero attached hydrogens (tertiary/aromatic N) is 4. The van der Waals surface area contributed by atoms with Crippen molar-refractivity contribution in [2.24, 2.45) is 14.1 Å². The van der Waals surface area contributed by atoms with E-state index in [0.717, 1.165) is 4.57 Å². The molecule has 8 nitrogen and oxygen atoms in total. The molecular weight excluding hydrogens is 348 g/mol. The van der Waals surface area contributed by atoms with Crippen LogP contribution >= 0.6 is 0 Å². The third-order valence-corrected chi connectivity index (χ3v) is 4.27. The minimum atomic E-state index is -0.577. The summed E-state index contributed by atoms with van der Waals surface area (Å²) in [5.41, 5.74) is 0.690. The monoisotopic (exact) mass is 368 g/mol. The second kappa shape index (κ2) is 6.79. The van der Waals surface area contributed by atoms with Crippen LogP contribution in [0.25, 0.3) is 22.2 Å². The molecule has 0 radical (unpaired) electrons. The molecule has 3 rings (SSSR count). The third-order valence-electron chi connectivity index (χ3n) is 4.27. The van der Waals surface area contributed by atoms with Crippen LogP contribution in [0.5, 0.6) is 0 Å². The lowest BCUT2D eigenvalue weighted by Gasteiger charge is -2.17. The zero-order valence-electron chi connectivity index (χ0n) is 15.8. The van der Waals surface area contributed by atoms with E-state index in [1.807, 2.05) is 0 Å². The zero-order valence-corrected chi connectivity index (χ0v) is 15.8. The van der Waals surface area contributed by atoms with Crippen molar-refractivity contribution >= 4 is 17.0 Å². The number of hydrogen-bond acceptors (Lipinski definition) is 6. The minimum absolute atomic E-state index is 0.175. The van der Waals surface area contributed by atoms with Crippen LogP contribution in [-0.2, 0) is 18.8 Å². The first kappa shape index (κ1) is 18.5. The predicted molar refractivity (Wildman–Crippen MR) is 101 cm³/mol. The topological polar surface area (TPSA) is 96.1 Å². The van der Waals surface area contributed by atoms with Gasteiger partial charge in [0.05, 0.1) is 22.7 Å². The maximum Gasteiger partial charge on any atom is 0.340 e. The zero-order chi connectivity index (χ0) is 19.9. The van der Waals surface area contributed by atoms with E-state index in [4.69, 9.17) is 4.74 Å². The molecule has 3 aromatic rings. The number of esters is 1. The Kier molecular flexibility index (Phi) is 4.65. The maximum atomic E-state index is 12.9. The third kappa shape index (κ3) is 3.03. The molecule has 0 amide bonds. The van der Waals surface area contributed by atoms with Gasteiger partial charge < -0.3 is 4.74 Å². The highest BCUT2D eigenvalue weighted by molar-refractivity contribution is 6.06. The number of aromatic nitrogens is 4. The van der Waals surface area contributed by atoms with E-state index in [1.54, 1.807) is 45.3 Å². The number of ether oxygens (including phenoxy) is 1. The Morgan fingerprint density at radius 3 is 2.48 bits per heavy atom. The van der Waals surface area contributed by atoms with Gasteiger partial charge in [0.25, 0.3) is 5.56 Å². The standard InChI is InChI=1S/C19H20N4O4/c1-10(2)27-18(25)13-11(3)21-16-15(14(13)12-7-6-8-20-9-12)17(24)23(5)19(26)22(16)4/h6-10H,1-5H3. The number of carbonyl (C=O) groups is 1. The van der Waals surface area contributed by atoms with Gasteiger partial charge in [-0.2, -0.15) is 0 Å². The van der Waals surface area contributed by atoms with Crippen molar-refractivity contribution in [3.63, 3.8) is 0 Å². The van der Waals surface area contributed by atoms with Crippen molar-refractivity contribution in [2.45, 2.75) is 26.9 Å². The van der Waals surface area contributed by atoms with Crippen LogP contribution < -0.4 is 11.2 Å². The Balaban J connectivity index is 2.57. The van der Waals surface area contributed by atoms with Gasteiger partial charge in [-0.25, -0.2) is 14.6 Å². The first-order valence-corrected chi connectivity index (χ1v) is 8.45. The molecule has 0 aliphatic heterocycles. The van der Waals surface area contributed by atoms with E-state index in [1.165, 1.54) is 18.7 Å². The van der Waals surface area contributed by atoms with Crippen molar-refractivity contribution in [1.29, 1.82) is 0 Å². The Bertz CT molecular complexity index is 1160. The predicted octanol–water partition coefficient (Wildman–Crippen LogP) is 1.57. The number of rotatable bonds is 3. The van der Waals surface area contributed by atoms with Gasteiger partial charge in [0, 0.05) is 37.6 Å². The average molecular weight is 368 g/mol. The first-order valence-electron chi connectivity index (χ1n) is 8.45. The molecule has 0 saturated carbocycles. The molecule has 8 heteroatoms. The number of aryl methyl sites for hydroxylation is 2. The van der Waals surface area contributed by atoms with Gasteiger partial charge in [-0.3, -0.25) is 18.9 Å². The molecule has 0 aliphatic carbocycles. The number of hydrogen-bond donors (Lipinski definition) is 0. The quantitative estimate of drug-likeness (QED) is 0.651. The molecular formula is C19H20N4O4. The normalized spacial score (nSPS) is 11.2. The van der Waals surface area contributed by atoms with Gasteiger partial charge in [-0.05, 0) is 26.8 Å². The van der Waals surface area contributed by atoms with Crippen LogP contribution in [0.4, 0.5) is 0 Å². The molecule has 0 N–H and O–H groups in total. The van der Waals surface area contributed by atoms with Gasteiger partial charge in [-0.1, -0.05) is 6.07 Å². The van der Waals surface area contributed by atoms with Gasteiger partial charge in [0.2, 0.25) is 0 Å². The van der Waals surface area contributed by atoms with Crippen molar-refractivity contribution in [2.75, 3.05) is 0 Å². The fraction of sp³-hybridized carbons (Fsp3) is 0.316. The molecule has 0 aliphatic rings. The molecule has 27 heavy (non-hydrogen) atoms. The van der Waals surface area contributed by atoms with Crippen LogP contribution in [0.15, 0.2) is 34.1 Å². The van der Waals surface area contributed by atoms with Crippen LogP contribution in [0, 0.1) is 6.92 Å². The van der Waals surface area contributed by atoms with Crippen molar-refractivity contribution in [1.82, 2.24) is 19.1 Å². The lowest BCUT2D eigenvalue weighted by atomic mass is 9.97. The molecule has 3 heterocycles. The maximum absolute atomic E-state index is 12.9. The van der Waals surface area contributed by atoms with Crippen LogP contribution in [0.2, 0.25) is 0 Å². The molecule has 0 fully saturated rings. The van der Waals surface area contributed by atoms with Gasteiger partial charge >= 0.3 is 11.7 Å². The molecule has 3 aromatic heterocycles. The van der Waals surface area contributed by atoms with Crippen molar-refractivity contribution in [3.8, 4) is 11.1 Å². The first-order chi connectivity index (χ1) is 12.7. The fourth-order valence-corrected chi connectivity index (χ4v) is 3.03. The summed E-state index contributed by atoms with van der Waals surface area (Å²) in [6.07, 6.45) is 2.82. The van der Waals surface area contributed by atoms with Gasteiger partial charge in [0.15, 0.2) is 0 Å². The highest BCUT2D eigenvalue weighted by atomic mass is 16.5. The van der Waals surface area contributed by atoms with Crippen molar-refractivity contribution < 1.29 is 9.53 Å². The molecule has 0 spiro atoms. The van der Waals surface area contributed by atoms with Gasteiger partial charge in [0.1, 0.15) is 5.65 Å². The van der Waals surface area contributed by atoms with E-state index in [9.17, 15) is 14.4 Å². The van der Waals surface area contributed by atoms with Crippen molar-refractivity contribution in [3.05, 3.63) is 56.6 Å². The number of pyridine rings is 2. The van der Waals surface area contributed by atoms with E-state index < -0.39 is 17.2 Å². The summed E-state index contributed by atoms with van der Waals surface area (Å²) in [5.74, 6) is -0.577. The smallest absolute Gasteiger partial charge is 0.340 e. The fourth-order valence-electron chi connectivity index (χ4n) is 3.03. The average Bonchev–Trinajstić information content (AvgIpc) is 2.63. The lowest BCUT2D eigenvalue weighted by molar-refractivity contribution is 0.0377. The number of fused-ring (bicyclic) bond motifs is 1. The molecule has 0 unspecified atom stereocenters. The molecule has 0 bridgehead atoms. The van der Waals surface area contributed by atoms with E-state index >= 15 is 0 Å². The summed E-state index contributed by atoms with van der Waals surface area (Å²) in [6.45, 7) is 5.14. The Morgan fingerprint density at radius 1 is 1.19 bits per heavy atom. The van der Waals surface area contributed by atoms with E-state index in [-0.39, 0.29) is 22.7 Å². The Hall–Kier alpha value is -3.29. The van der Waals surface area contributed by atoms with Crippen LogP contribution in [-0.4, -0.2) is 31.2 Å². The SMILES string of the molecule is Cc1nc2c(c(-c3cccnc3)c1C(=O)OC(C)C)c(=O)n(C)c(=O)n2C. The Morgan fingerprint density at radius 2 is 1.89 bits per heavy atom. The van der Waals surface area contributed by atoms with Crippen LogP contribution in [0.3, 0.4) is 0 Å². The minimum Gasteiger partial charge on any atom is -0.459 e. The second-order valence-electron chi connectivity index (χ2n) is 6.55. The largest absolute Gasteiger partial charge is 0.459 e. The molecule has 0 aromatic carbocycles. The molecule has 0 atom stereocenters. The molecule has 140 valence electrons. The van der Waals surface area contributed by atoms with E-state index in [2.05, 4.69) is 9.97 Å². The van der Waals surface area contributed by atoms with Crippen LogP contribution in [0.1, 0.15) is 29.9 Å². The highest BCUT2D eigenvalue weighted by Gasteiger charge is 2.26. The number of carbonyl (C=O) groups excluding carboxylic acids is 1. The second-order valence-corrected chi connectivity index (χ2v) is 6.55. The summed E-state index contributed by atoms with van der Waals surface area (Å²) >= 11 is 0. The summed E-state index contributed by atoms with van der Waals surface area (Å²) < 4.78 is 7.67. The summed E-state index contributed by atoms with van der Waals surface area (Å²) in [7, 11) is 2.93. The summed E-state index contributed by atoms with van der Waals surface area (Å²) in [5, 5.41) is 0.175. The highest BCUT2D eigenvalue weighted by Crippen LogP contribution is 2.31. The van der Waals surface area contributed by atoms with Gasteiger partial charge in [-0.15, -0.1) is 0 Å².